The molecule has 1 unspecified atom stereocenters. The molecule has 1 aromatic heterocycles. The van der Waals surface area contributed by atoms with Crippen molar-refractivity contribution in [2.75, 3.05) is 5.75 Å². The average Bonchev–Trinajstić information content (AvgIpc) is 2.73. The summed E-state index contributed by atoms with van der Waals surface area (Å²) in [5.41, 5.74) is 1.65. The van der Waals surface area contributed by atoms with Crippen molar-refractivity contribution in [3.05, 3.63) is 68.9 Å². The van der Waals surface area contributed by atoms with Gasteiger partial charge in [-0.1, -0.05) is 71.4 Å². The molecule has 0 aliphatic heterocycles. The Morgan fingerprint density at radius 1 is 1.21 bits per heavy atom. The number of carbonyl (C=O) groups excluding carboxylic acids is 1. The Morgan fingerprint density at radius 2 is 1.97 bits per heavy atom. The van der Waals surface area contributed by atoms with Crippen molar-refractivity contribution in [3.63, 3.8) is 0 Å². The van der Waals surface area contributed by atoms with E-state index in [1.165, 1.54) is 11.8 Å². The minimum atomic E-state index is -0.0881. The highest BCUT2D eigenvalue weighted by Gasteiger charge is 2.16. The summed E-state index contributed by atoms with van der Waals surface area (Å²) in [5.74, 6) is 0.145. The minimum Gasteiger partial charge on any atom is -0.349 e. The number of benzene rings is 2. The highest BCUT2D eigenvalue weighted by atomic mass is 79.9. The predicted molar refractivity (Wildman–Crippen MR) is 122 cm³/mol. The molecule has 2 aromatic carbocycles. The van der Waals surface area contributed by atoms with E-state index in [-0.39, 0.29) is 23.3 Å². The van der Waals surface area contributed by atoms with Crippen molar-refractivity contribution in [1.29, 1.82) is 0 Å². The highest BCUT2D eigenvalue weighted by Crippen LogP contribution is 2.22. The molecule has 29 heavy (non-hydrogen) atoms. The normalized spacial score (nSPS) is 12.1. The van der Waals surface area contributed by atoms with Gasteiger partial charge in [0.05, 0.1) is 22.7 Å². The van der Waals surface area contributed by atoms with Gasteiger partial charge in [0.1, 0.15) is 0 Å². The number of rotatable bonds is 8. The molecule has 0 bridgehead atoms. The van der Waals surface area contributed by atoms with Crippen molar-refractivity contribution >= 4 is 44.5 Å². The maximum atomic E-state index is 12.8. The second-order valence-corrected chi connectivity index (χ2v) is 8.57. The number of fused-ring (bicyclic) bond motifs is 1. The van der Waals surface area contributed by atoms with E-state index in [1.54, 1.807) is 10.6 Å². The molecule has 0 aliphatic rings. The van der Waals surface area contributed by atoms with Gasteiger partial charge in [0.15, 0.2) is 5.16 Å². The van der Waals surface area contributed by atoms with Crippen LogP contribution in [-0.2, 0) is 11.3 Å². The van der Waals surface area contributed by atoms with Gasteiger partial charge < -0.3 is 5.32 Å². The molecule has 1 atom stereocenters. The Hall–Kier alpha value is -2.12. The van der Waals surface area contributed by atoms with Crippen LogP contribution in [0.2, 0.25) is 0 Å². The highest BCUT2D eigenvalue weighted by molar-refractivity contribution is 9.10. The lowest BCUT2D eigenvalue weighted by molar-refractivity contribution is -0.119. The van der Waals surface area contributed by atoms with Crippen LogP contribution in [0.5, 0.6) is 0 Å². The lowest BCUT2D eigenvalue weighted by Gasteiger charge is -2.19. The molecule has 1 amide bonds. The van der Waals surface area contributed by atoms with Crippen LogP contribution in [-0.4, -0.2) is 21.2 Å². The first-order valence-electron chi connectivity index (χ1n) is 9.70. The molecular weight excluding hydrogens is 450 g/mol. The summed E-state index contributed by atoms with van der Waals surface area (Å²) >= 11 is 4.70. The van der Waals surface area contributed by atoms with Gasteiger partial charge in [0, 0.05) is 11.0 Å². The van der Waals surface area contributed by atoms with Crippen molar-refractivity contribution in [1.82, 2.24) is 14.9 Å². The van der Waals surface area contributed by atoms with Gasteiger partial charge in [-0.15, -0.1) is 0 Å². The lowest BCUT2D eigenvalue weighted by Crippen LogP contribution is -2.30. The molecule has 3 aromatic rings. The van der Waals surface area contributed by atoms with E-state index < -0.39 is 0 Å². The van der Waals surface area contributed by atoms with E-state index in [9.17, 15) is 9.59 Å². The van der Waals surface area contributed by atoms with Crippen LogP contribution >= 0.6 is 27.7 Å². The summed E-state index contributed by atoms with van der Waals surface area (Å²) in [6.45, 7) is 4.51. The van der Waals surface area contributed by atoms with Gasteiger partial charge in [0.25, 0.3) is 5.56 Å². The molecule has 3 rings (SSSR count). The molecule has 5 nitrogen and oxygen atoms in total. The predicted octanol–water partition coefficient (Wildman–Crippen LogP) is 4.93. The summed E-state index contributed by atoms with van der Waals surface area (Å²) in [6, 6.07) is 15.5. The number of amides is 1. The monoisotopic (exact) mass is 473 g/mol. The molecule has 152 valence electrons. The molecule has 7 heteroatoms. The Balaban J connectivity index is 1.76. The zero-order valence-corrected chi connectivity index (χ0v) is 18.9. The molecule has 0 spiro atoms. The Bertz CT molecular complexity index is 1050. The summed E-state index contributed by atoms with van der Waals surface area (Å²) in [5, 5.41) is 4.26. The summed E-state index contributed by atoms with van der Waals surface area (Å²) in [4.78, 5) is 30.0. The fraction of sp³-hybridized carbons (Fsp3) is 0.318. The van der Waals surface area contributed by atoms with E-state index in [1.807, 2.05) is 49.4 Å². The second kappa shape index (κ2) is 10.1. The van der Waals surface area contributed by atoms with Crippen LogP contribution in [0.15, 0.2) is 63.0 Å². The smallest absolute Gasteiger partial charge is 0.262 e. The summed E-state index contributed by atoms with van der Waals surface area (Å²) < 4.78 is 2.46. The zero-order chi connectivity index (χ0) is 20.8. The molecule has 0 saturated carbocycles. The first-order valence-corrected chi connectivity index (χ1v) is 11.5. The van der Waals surface area contributed by atoms with E-state index in [0.717, 1.165) is 22.9 Å². The summed E-state index contributed by atoms with van der Waals surface area (Å²) in [7, 11) is 0. The van der Waals surface area contributed by atoms with Gasteiger partial charge in [-0.05, 0) is 37.1 Å². The molecule has 1 N–H and O–H groups in total. The van der Waals surface area contributed by atoms with E-state index in [2.05, 4.69) is 33.2 Å². The standard InChI is InChI=1S/C22H24BrN3O2S/c1-3-8-18(15-9-6-5-7-10-15)24-20(27)14-29-22-25-19-12-11-16(23)13-17(19)21(28)26(22)4-2/h5-7,9-13,18H,3-4,8,14H2,1-2H3,(H,24,27). The van der Waals surface area contributed by atoms with Gasteiger partial charge in [-0.25, -0.2) is 4.98 Å². The Morgan fingerprint density at radius 3 is 2.66 bits per heavy atom. The molecule has 0 aliphatic carbocycles. The van der Waals surface area contributed by atoms with E-state index in [4.69, 9.17) is 0 Å². The average molecular weight is 474 g/mol. The molecule has 0 radical (unpaired) electrons. The number of halogens is 1. The number of aromatic nitrogens is 2. The van der Waals surface area contributed by atoms with Crippen LogP contribution in [0.4, 0.5) is 0 Å². The fourth-order valence-corrected chi connectivity index (χ4v) is 4.46. The SMILES string of the molecule is CCCC(NC(=O)CSc1nc2ccc(Br)cc2c(=O)n1CC)c1ccccc1. The largest absolute Gasteiger partial charge is 0.349 e. The maximum Gasteiger partial charge on any atom is 0.262 e. The van der Waals surface area contributed by atoms with Gasteiger partial charge in [-0.2, -0.15) is 0 Å². The van der Waals surface area contributed by atoms with Crippen LogP contribution < -0.4 is 10.9 Å². The second-order valence-electron chi connectivity index (χ2n) is 6.71. The Kier molecular flexibility index (Phi) is 7.50. The van der Waals surface area contributed by atoms with Gasteiger partial charge in [0.2, 0.25) is 5.91 Å². The minimum absolute atomic E-state index is 0.00965. The number of carbonyl (C=O) groups is 1. The lowest BCUT2D eigenvalue weighted by atomic mass is 10.0. The van der Waals surface area contributed by atoms with Crippen molar-refractivity contribution in [2.24, 2.45) is 0 Å². The molecular formula is C22H24BrN3O2S. The van der Waals surface area contributed by atoms with E-state index in [0.29, 0.717) is 22.6 Å². The quantitative estimate of drug-likeness (QED) is 0.372. The fourth-order valence-electron chi connectivity index (χ4n) is 3.22. The Labute approximate surface area is 183 Å². The van der Waals surface area contributed by atoms with Crippen LogP contribution in [0, 0.1) is 0 Å². The first-order chi connectivity index (χ1) is 14.0. The molecule has 0 saturated heterocycles. The van der Waals surface area contributed by atoms with Gasteiger partial charge >= 0.3 is 0 Å². The summed E-state index contributed by atoms with van der Waals surface area (Å²) in [6.07, 6.45) is 1.85. The topological polar surface area (TPSA) is 64.0 Å². The van der Waals surface area contributed by atoms with Crippen LogP contribution in [0.25, 0.3) is 10.9 Å². The molecule has 1 heterocycles. The van der Waals surface area contributed by atoms with Gasteiger partial charge in [-0.3, -0.25) is 14.2 Å². The first kappa shape index (κ1) is 21.6. The molecule has 0 fully saturated rings. The number of hydrogen-bond acceptors (Lipinski definition) is 4. The van der Waals surface area contributed by atoms with Crippen molar-refractivity contribution in [3.8, 4) is 0 Å². The van der Waals surface area contributed by atoms with Crippen molar-refractivity contribution in [2.45, 2.75) is 44.4 Å². The third-order valence-corrected chi connectivity index (χ3v) is 6.11. The van der Waals surface area contributed by atoms with E-state index >= 15 is 0 Å². The third-order valence-electron chi connectivity index (χ3n) is 4.64. The maximum absolute atomic E-state index is 12.8. The number of nitrogens with zero attached hydrogens (tertiary/aromatic N) is 2. The number of nitrogens with one attached hydrogen (secondary N) is 1. The van der Waals surface area contributed by atoms with Crippen LogP contribution in [0.1, 0.15) is 38.3 Å². The number of thioether (sulfide) groups is 1. The van der Waals surface area contributed by atoms with Crippen LogP contribution in [0.3, 0.4) is 0 Å². The van der Waals surface area contributed by atoms with Crippen molar-refractivity contribution < 1.29 is 4.79 Å². The zero-order valence-electron chi connectivity index (χ0n) is 16.5. The third kappa shape index (κ3) is 5.28. The number of hydrogen-bond donors (Lipinski definition) is 1.